The summed E-state index contributed by atoms with van der Waals surface area (Å²) in [7, 11) is -3.22. The number of nitrogens with one attached hydrogen (secondary N) is 2. The van der Waals surface area contributed by atoms with Crippen LogP contribution in [-0.4, -0.2) is 76.9 Å². The van der Waals surface area contributed by atoms with Crippen LogP contribution in [0.25, 0.3) is 22.2 Å². The summed E-state index contributed by atoms with van der Waals surface area (Å²) >= 11 is 0. The second kappa shape index (κ2) is 14.5. The molecule has 0 radical (unpaired) electrons. The van der Waals surface area contributed by atoms with E-state index in [2.05, 4.69) is 38.1 Å². The maximum atomic E-state index is 12.2. The second-order valence-corrected chi connectivity index (χ2v) is 14.4. The monoisotopic (exact) mass is 655 g/mol. The number of nitriles is 1. The Morgan fingerprint density at radius 1 is 1.09 bits per heavy atom. The van der Waals surface area contributed by atoms with Gasteiger partial charge in [0.1, 0.15) is 0 Å². The fourth-order valence-corrected chi connectivity index (χ4v) is 7.68. The molecule has 2 N–H and O–H groups in total. The van der Waals surface area contributed by atoms with E-state index < -0.39 is 10.0 Å². The molecule has 246 valence electrons. The predicted molar refractivity (Wildman–Crippen MR) is 182 cm³/mol. The van der Waals surface area contributed by atoms with Crippen LogP contribution in [0.4, 0.5) is 17.3 Å². The van der Waals surface area contributed by atoms with Crippen LogP contribution in [0.15, 0.2) is 60.9 Å². The van der Waals surface area contributed by atoms with Crippen LogP contribution < -0.4 is 14.9 Å². The first-order valence-electron chi connectivity index (χ1n) is 16.3. The first-order valence-corrected chi connectivity index (χ1v) is 17.9. The molecule has 1 unspecified atom stereocenters. The van der Waals surface area contributed by atoms with Gasteiger partial charge in [0.2, 0.25) is 21.9 Å². The average Bonchev–Trinajstić information content (AvgIpc) is 3.52. The van der Waals surface area contributed by atoms with Crippen LogP contribution in [-0.2, 0) is 21.4 Å². The summed E-state index contributed by atoms with van der Waals surface area (Å²) in [4.78, 5) is 25.3. The van der Waals surface area contributed by atoms with Gasteiger partial charge in [0.25, 0.3) is 0 Å². The zero-order valence-electron chi connectivity index (χ0n) is 26.7. The first-order chi connectivity index (χ1) is 22.8. The predicted octanol–water partition coefficient (Wildman–Crippen LogP) is 4.69. The van der Waals surface area contributed by atoms with E-state index in [-0.39, 0.29) is 17.1 Å². The number of carbonyl (C=O) groups excluding carboxylic acids is 1. The van der Waals surface area contributed by atoms with Gasteiger partial charge in [0.15, 0.2) is 0 Å². The number of aryl methyl sites for hydroxylation is 1. The molecule has 2 fully saturated rings. The number of rotatable bonds is 13. The van der Waals surface area contributed by atoms with Gasteiger partial charge in [0.05, 0.1) is 22.5 Å². The van der Waals surface area contributed by atoms with E-state index >= 15 is 0 Å². The molecule has 2 aromatic carbocycles. The van der Waals surface area contributed by atoms with Crippen LogP contribution in [0.1, 0.15) is 45.4 Å². The zero-order chi connectivity index (χ0) is 32.8. The second-order valence-electron chi connectivity index (χ2n) is 12.3. The third kappa shape index (κ3) is 7.89. The Labute approximate surface area is 275 Å². The van der Waals surface area contributed by atoms with E-state index in [1.54, 1.807) is 13.1 Å². The Balaban J connectivity index is 1.07. The molecule has 13 heteroatoms. The van der Waals surface area contributed by atoms with Crippen molar-refractivity contribution in [1.82, 2.24) is 29.4 Å². The van der Waals surface area contributed by atoms with E-state index in [4.69, 9.17) is 10.1 Å². The Kier molecular flexibility index (Phi) is 9.98. The fourth-order valence-electron chi connectivity index (χ4n) is 6.06. The molecule has 0 bridgehead atoms. The minimum absolute atomic E-state index is 0.114. The molecule has 47 heavy (non-hydrogen) atoms. The molecule has 2 aromatic heterocycles. The Hall–Kier alpha value is -4.54. The van der Waals surface area contributed by atoms with Gasteiger partial charge >= 0.3 is 0 Å². The normalized spacial score (nSPS) is 16.1. The van der Waals surface area contributed by atoms with Crippen molar-refractivity contribution in [3.8, 4) is 17.3 Å². The summed E-state index contributed by atoms with van der Waals surface area (Å²) < 4.78 is 29.0. The van der Waals surface area contributed by atoms with Crippen LogP contribution in [0.3, 0.4) is 0 Å². The van der Waals surface area contributed by atoms with Gasteiger partial charge in [-0.25, -0.2) is 23.1 Å². The van der Waals surface area contributed by atoms with Crippen molar-refractivity contribution in [1.29, 1.82) is 5.26 Å². The first kappa shape index (κ1) is 32.4. The van der Waals surface area contributed by atoms with Crippen LogP contribution >= 0.6 is 0 Å². The van der Waals surface area contributed by atoms with Gasteiger partial charge in [-0.3, -0.25) is 9.48 Å². The lowest BCUT2D eigenvalue weighted by molar-refractivity contribution is -0.129. The van der Waals surface area contributed by atoms with Crippen LogP contribution in [0.5, 0.6) is 0 Å². The van der Waals surface area contributed by atoms with E-state index in [0.717, 1.165) is 65.9 Å². The van der Waals surface area contributed by atoms with Crippen molar-refractivity contribution >= 4 is 44.2 Å². The van der Waals surface area contributed by atoms with Crippen molar-refractivity contribution in [2.24, 2.45) is 5.92 Å². The maximum absolute atomic E-state index is 12.2. The molecule has 1 amide bonds. The van der Waals surface area contributed by atoms with Gasteiger partial charge in [-0.15, -0.1) is 0 Å². The number of hydrogen-bond donors (Lipinski definition) is 2. The lowest BCUT2D eigenvalue weighted by atomic mass is 10.0. The highest BCUT2D eigenvalue weighted by molar-refractivity contribution is 7.90. The number of sulfonamides is 1. The number of benzene rings is 2. The SMILES string of the molecule is CC(=O)N1CCN(c2cccc(Nc3ncc4cccc(-c5ccn(CCC(C#N)CCCNS(=O)(=O)C6CCC6)n5)c4n3)c2)CC1. The molecule has 1 saturated carbocycles. The number of aromatic nitrogens is 4. The smallest absolute Gasteiger partial charge is 0.227 e. The van der Waals surface area contributed by atoms with Crippen LogP contribution in [0, 0.1) is 17.2 Å². The lowest BCUT2D eigenvalue weighted by Gasteiger charge is -2.35. The number of amides is 1. The maximum Gasteiger partial charge on any atom is 0.227 e. The van der Waals surface area contributed by atoms with Gasteiger partial charge in [-0.05, 0) is 56.4 Å². The minimum atomic E-state index is -3.22. The summed E-state index contributed by atoms with van der Waals surface area (Å²) in [5, 5.41) is 18.5. The summed E-state index contributed by atoms with van der Waals surface area (Å²) in [6.45, 7) is 5.56. The van der Waals surface area contributed by atoms with E-state index in [0.29, 0.717) is 51.4 Å². The summed E-state index contributed by atoms with van der Waals surface area (Å²) in [6, 6.07) is 18.4. The molecule has 1 saturated heterocycles. The topological polar surface area (TPSA) is 149 Å². The fraction of sp³-hybridized carbons (Fsp3) is 0.441. The molecule has 4 aromatic rings. The standard InChI is InChI=1S/C34H41N9O3S/c1-25(44)41-18-20-42(21-19-41)29-9-3-8-28(22-29)38-34-36-24-27-7-2-12-31(33(27)39-34)32-14-17-43(40-32)16-13-26(23-35)6-5-15-37-47(45,46)30-10-4-11-30/h2-3,7-9,12,14,17,22,24,26,30,37H,4-6,10-11,13,15-16,18-21H2,1H3,(H,36,38,39). The van der Waals surface area contributed by atoms with Gasteiger partial charge < -0.3 is 15.1 Å². The summed E-state index contributed by atoms with van der Waals surface area (Å²) in [5.41, 5.74) is 4.41. The number of hydrogen-bond acceptors (Lipinski definition) is 9. The molecule has 1 aliphatic carbocycles. The highest BCUT2D eigenvalue weighted by atomic mass is 32.2. The average molecular weight is 656 g/mol. The molecule has 1 atom stereocenters. The third-order valence-corrected chi connectivity index (χ3v) is 11.1. The molecule has 0 spiro atoms. The molecule has 12 nitrogen and oxygen atoms in total. The number of anilines is 3. The largest absolute Gasteiger partial charge is 0.368 e. The number of piperazine rings is 1. The van der Waals surface area contributed by atoms with Crippen molar-refractivity contribution in [3.05, 3.63) is 60.9 Å². The number of carbonyl (C=O) groups is 1. The van der Waals surface area contributed by atoms with E-state index in [9.17, 15) is 18.5 Å². The molecule has 3 heterocycles. The van der Waals surface area contributed by atoms with Gasteiger partial charge in [-0.1, -0.05) is 30.7 Å². The molecular weight excluding hydrogens is 615 g/mol. The molecule has 6 rings (SSSR count). The van der Waals surface area contributed by atoms with Crippen molar-refractivity contribution in [3.63, 3.8) is 0 Å². The van der Waals surface area contributed by atoms with E-state index in [1.165, 1.54) is 0 Å². The zero-order valence-corrected chi connectivity index (χ0v) is 27.5. The van der Waals surface area contributed by atoms with Crippen molar-refractivity contribution in [2.45, 2.75) is 57.2 Å². The number of para-hydroxylation sites is 1. The molecular formula is C34H41N9O3S. The van der Waals surface area contributed by atoms with Crippen molar-refractivity contribution < 1.29 is 13.2 Å². The molecule has 1 aliphatic heterocycles. The Morgan fingerprint density at radius 3 is 2.64 bits per heavy atom. The quantitative estimate of drug-likeness (QED) is 0.196. The Bertz CT molecular complexity index is 1860. The number of fused-ring (bicyclic) bond motifs is 1. The highest BCUT2D eigenvalue weighted by Gasteiger charge is 2.30. The summed E-state index contributed by atoms with van der Waals surface area (Å²) in [6.07, 6.45) is 8.06. The van der Waals surface area contributed by atoms with Crippen molar-refractivity contribution in [2.75, 3.05) is 42.9 Å². The van der Waals surface area contributed by atoms with Gasteiger partial charge in [0, 0.05) is 86.8 Å². The lowest BCUT2D eigenvalue weighted by Crippen LogP contribution is -2.48. The van der Waals surface area contributed by atoms with Gasteiger partial charge in [-0.2, -0.15) is 10.4 Å². The highest BCUT2D eigenvalue weighted by Crippen LogP contribution is 2.29. The molecule has 2 aliphatic rings. The summed E-state index contributed by atoms with van der Waals surface area (Å²) in [5.74, 6) is 0.413. The van der Waals surface area contributed by atoms with E-state index in [1.807, 2.05) is 52.2 Å². The third-order valence-electron chi connectivity index (χ3n) is 9.13. The minimum Gasteiger partial charge on any atom is -0.368 e. The van der Waals surface area contributed by atoms with Crippen LogP contribution in [0.2, 0.25) is 0 Å². The Morgan fingerprint density at radius 2 is 1.89 bits per heavy atom. The number of nitrogens with zero attached hydrogens (tertiary/aromatic N) is 7.